The highest BCUT2D eigenvalue weighted by Crippen LogP contribution is 2.30. The Bertz CT molecular complexity index is 234. The molecule has 0 unspecified atom stereocenters. The highest BCUT2D eigenvalue weighted by atomic mass is 79.9. The van der Waals surface area contributed by atoms with Gasteiger partial charge in [0.2, 0.25) is 0 Å². The summed E-state index contributed by atoms with van der Waals surface area (Å²) in [6.45, 7) is 2.19. The van der Waals surface area contributed by atoms with Gasteiger partial charge in [-0.25, -0.2) is 0 Å². The molecular weight excluding hydrogens is 234 g/mol. The Morgan fingerprint density at radius 1 is 1.67 bits per heavy atom. The van der Waals surface area contributed by atoms with Crippen molar-refractivity contribution in [1.29, 1.82) is 0 Å². The predicted octanol–water partition coefficient (Wildman–Crippen LogP) is 3.70. The van der Waals surface area contributed by atoms with Crippen molar-refractivity contribution in [3.63, 3.8) is 0 Å². The SMILES string of the molecule is CCCC[C@@H](N)c1sccc1Br. The van der Waals surface area contributed by atoms with Crippen molar-refractivity contribution in [2.45, 2.75) is 32.2 Å². The summed E-state index contributed by atoms with van der Waals surface area (Å²) >= 11 is 5.23. The zero-order valence-electron chi connectivity index (χ0n) is 7.22. The van der Waals surface area contributed by atoms with Crippen LogP contribution in [0.5, 0.6) is 0 Å². The first-order chi connectivity index (χ1) is 5.75. The quantitative estimate of drug-likeness (QED) is 0.863. The Labute approximate surface area is 86.1 Å². The summed E-state index contributed by atoms with van der Waals surface area (Å²) in [6, 6.07) is 2.28. The van der Waals surface area contributed by atoms with Crippen LogP contribution in [0, 0.1) is 0 Å². The van der Waals surface area contributed by atoms with Gasteiger partial charge in [-0.2, -0.15) is 0 Å². The molecule has 2 N–H and O–H groups in total. The van der Waals surface area contributed by atoms with Gasteiger partial charge in [-0.1, -0.05) is 19.8 Å². The Kier molecular flexibility index (Phi) is 4.26. The van der Waals surface area contributed by atoms with E-state index >= 15 is 0 Å². The zero-order valence-corrected chi connectivity index (χ0v) is 9.62. The van der Waals surface area contributed by atoms with Crippen LogP contribution in [-0.4, -0.2) is 0 Å². The minimum atomic E-state index is 0.222. The van der Waals surface area contributed by atoms with Crippen LogP contribution in [-0.2, 0) is 0 Å². The number of nitrogens with two attached hydrogens (primary N) is 1. The third-order valence-corrected chi connectivity index (χ3v) is 3.85. The molecule has 0 spiro atoms. The first-order valence-corrected chi connectivity index (χ1v) is 5.91. The maximum Gasteiger partial charge on any atom is 0.0401 e. The lowest BCUT2D eigenvalue weighted by Gasteiger charge is -2.08. The van der Waals surface area contributed by atoms with E-state index in [2.05, 4.69) is 34.3 Å². The fourth-order valence-electron chi connectivity index (χ4n) is 1.13. The third-order valence-electron chi connectivity index (χ3n) is 1.85. The number of hydrogen-bond acceptors (Lipinski definition) is 2. The van der Waals surface area contributed by atoms with Gasteiger partial charge in [0.05, 0.1) is 0 Å². The highest BCUT2D eigenvalue weighted by molar-refractivity contribution is 9.10. The molecule has 3 heteroatoms. The van der Waals surface area contributed by atoms with Crippen LogP contribution in [0.1, 0.15) is 37.1 Å². The number of halogens is 1. The molecule has 1 nitrogen and oxygen atoms in total. The van der Waals surface area contributed by atoms with Crippen molar-refractivity contribution in [2.24, 2.45) is 5.73 Å². The van der Waals surface area contributed by atoms with E-state index in [1.165, 1.54) is 17.7 Å². The van der Waals surface area contributed by atoms with Crippen LogP contribution in [0.25, 0.3) is 0 Å². The van der Waals surface area contributed by atoms with Gasteiger partial charge in [-0.15, -0.1) is 11.3 Å². The van der Waals surface area contributed by atoms with Gasteiger partial charge in [-0.3, -0.25) is 0 Å². The zero-order chi connectivity index (χ0) is 8.97. The van der Waals surface area contributed by atoms with Gasteiger partial charge in [0.15, 0.2) is 0 Å². The fraction of sp³-hybridized carbons (Fsp3) is 0.556. The summed E-state index contributed by atoms with van der Waals surface area (Å²) < 4.78 is 1.16. The van der Waals surface area contributed by atoms with Gasteiger partial charge in [0.25, 0.3) is 0 Å². The molecule has 1 atom stereocenters. The molecule has 0 fully saturated rings. The van der Waals surface area contributed by atoms with E-state index in [9.17, 15) is 0 Å². The number of unbranched alkanes of at least 4 members (excludes halogenated alkanes) is 1. The van der Waals surface area contributed by atoms with E-state index in [-0.39, 0.29) is 6.04 Å². The molecule has 1 aromatic heterocycles. The molecule has 0 aliphatic rings. The van der Waals surface area contributed by atoms with Crippen molar-refractivity contribution in [3.05, 3.63) is 20.8 Å². The van der Waals surface area contributed by atoms with E-state index in [4.69, 9.17) is 5.73 Å². The Balaban J connectivity index is 2.52. The van der Waals surface area contributed by atoms with Crippen LogP contribution in [0.15, 0.2) is 15.9 Å². The molecule has 0 saturated carbocycles. The van der Waals surface area contributed by atoms with Crippen molar-refractivity contribution < 1.29 is 0 Å². The second-order valence-corrected chi connectivity index (χ2v) is 4.68. The van der Waals surface area contributed by atoms with E-state index < -0.39 is 0 Å². The summed E-state index contributed by atoms with van der Waals surface area (Å²) in [5, 5.41) is 2.07. The second kappa shape index (κ2) is 5.00. The smallest absolute Gasteiger partial charge is 0.0401 e. The fourth-order valence-corrected chi connectivity index (χ4v) is 2.83. The molecule has 0 bridgehead atoms. The average Bonchev–Trinajstić information content (AvgIpc) is 2.47. The largest absolute Gasteiger partial charge is 0.323 e. The van der Waals surface area contributed by atoms with Gasteiger partial charge < -0.3 is 5.73 Å². The first kappa shape index (κ1) is 10.2. The molecule has 12 heavy (non-hydrogen) atoms. The van der Waals surface area contributed by atoms with Crippen molar-refractivity contribution >= 4 is 27.3 Å². The Hall–Kier alpha value is 0.140. The summed E-state index contributed by atoms with van der Waals surface area (Å²) in [4.78, 5) is 1.28. The molecular formula is C9H14BrNS. The van der Waals surface area contributed by atoms with E-state index in [1.807, 2.05) is 0 Å². The minimum absolute atomic E-state index is 0.222. The van der Waals surface area contributed by atoms with Crippen LogP contribution >= 0.6 is 27.3 Å². The minimum Gasteiger partial charge on any atom is -0.323 e. The summed E-state index contributed by atoms with van der Waals surface area (Å²) in [6.07, 6.45) is 3.53. The molecule has 68 valence electrons. The highest BCUT2D eigenvalue weighted by Gasteiger charge is 2.09. The monoisotopic (exact) mass is 247 g/mol. The third kappa shape index (κ3) is 2.57. The van der Waals surface area contributed by atoms with Gasteiger partial charge in [0, 0.05) is 15.4 Å². The second-order valence-electron chi connectivity index (χ2n) is 2.88. The average molecular weight is 248 g/mol. The lowest BCUT2D eigenvalue weighted by molar-refractivity contribution is 0.610. The van der Waals surface area contributed by atoms with Gasteiger partial charge in [-0.05, 0) is 33.8 Å². The lowest BCUT2D eigenvalue weighted by Crippen LogP contribution is -2.08. The number of hydrogen-bond donors (Lipinski definition) is 1. The summed E-state index contributed by atoms with van der Waals surface area (Å²) in [5.41, 5.74) is 6.01. The maximum absolute atomic E-state index is 6.01. The standard InChI is InChI=1S/C9H14BrNS/c1-2-3-4-8(11)9-7(10)5-6-12-9/h5-6,8H,2-4,11H2,1H3/t8-/m1/s1. The van der Waals surface area contributed by atoms with Crippen LogP contribution < -0.4 is 5.73 Å². The molecule has 0 saturated heterocycles. The Morgan fingerprint density at radius 3 is 2.92 bits per heavy atom. The topological polar surface area (TPSA) is 26.0 Å². The molecule has 1 heterocycles. The predicted molar refractivity (Wildman–Crippen MR) is 58.5 cm³/mol. The lowest BCUT2D eigenvalue weighted by atomic mass is 10.1. The number of thiophene rings is 1. The molecule has 0 aliphatic heterocycles. The molecule has 1 rings (SSSR count). The maximum atomic E-state index is 6.01. The van der Waals surface area contributed by atoms with E-state index in [0.717, 1.165) is 10.9 Å². The van der Waals surface area contributed by atoms with E-state index in [1.54, 1.807) is 11.3 Å². The van der Waals surface area contributed by atoms with Crippen LogP contribution in [0.3, 0.4) is 0 Å². The summed E-state index contributed by atoms with van der Waals surface area (Å²) in [7, 11) is 0. The van der Waals surface area contributed by atoms with Crippen molar-refractivity contribution in [2.75, 3.05) is 0 Å². The summed E-state index contributed by atoms with van der Waals surface area (Å²) in [5.74, 6) is 0. The van der Waals surface area contributed by atoms with Gasteiger partial charge in [0.1, 0.15) is 0 Å². The van der Waals surface area contributed by atoms with E-state index in [0.29, 0.717) is 0 Å². The Morgan fingerprint density at radius 2 is 2.42 bits per heavy atom. The molecule has 0 aromatic carbocycles. The number of rotatable bonds is 4. The molecule has 0 aliphatic carbocycles. The van der Waals surface area contributed by atoms with Crippen LogP contribution in [0.4, 0.5) is 0 Å². The van der Waals surface area contributed by atoms with Gasteiger partial charge >= 0.3 is 0 Å². The molecule has 1 aromatic rings. The first-order valence-electron chi connectivity index (χ1n) is 4.24. The molecule has 0 radical (unpaired) electrons. The molecule has 0 amide bonds. The van der Waals surface area contributed by atoms with Crippen molar-refractivity contribution in [3.8, 4) is 0 Å². The van der Waals surface area contributed by atoms with Crippen LogP contribution in [0.2, 0.25) is 0 Å². The van der Waals surface area contributed by atoms with Crippen molar-refractivity contribution in [1.82, 2.24) is 0 Å². The normalized spacial score (nSPS) is 13.2.